The molecule has 0 unspecified atom stereocenters. The highest BCUT2D eigenvalue weighted by Crippen LogP contribution is 2.38. The first-order valence-electron chi connectivity index (χ1n) is 6.85. The van der Waals surface area contributed by atoms with Gasteiger partial charge < -0.3 is 0 Å². The van der Waals surface area contributed by atoms with Gasteiger partial charge in [0.1, 0.15) is 13.1 Å². The van der Waals surface area contributed by atoms with Crippen molar-refractivity contribution in [2.24, 2.45) is 0 Å². The van der Waals surface area contributed by atoms with Gasteiger partial charge >= 0.3 is 5.13 Å². The maximum Gasteiger partial charge on any atom is 0.335 e. The van der Waals surface area contributed by atoms with Crippen LogP contribution in [0.15, 0.2) is 60.7 Å². The van der Waals surface area contributed by atoms with Crippen molar-refractivity contribution >= 4 is 16.5 Å². The first kappa shape index (κ1) is 11.7. The van der Waals surface area contributed by atoms with Gasteiger partial charge in [0.25, 0.3) is 0 Å². The lowest BCUT2D eigenvalue weighted by atomic mass is 10.1. The molecule has 0 bridgehead atoms. The van der Waals surface area contributed by atoms with Crippen molar-refractivity contribution in [2.45, 2.75) is 6.54 Å². The van der Waals surface area contributed by atoms with E-state index in [0.29, 0.717) is 0 Å². The second kappa shape index (κ2) is 4.76. The zero-order valence-corrected chi connectivity index (χ0v) is 11.9. The lowest BCUT2D eigenvalue weighted by Crippen LogP contribution is -2.31. The van der Waals surface area contributed by atoms with Crippen molar-refractivity contribution in [1.82, 2.24) is 0 Å². The molecular formula is C17H15N2S+. The van der Waals surface area contributed by atoms with Crippen LogP contribution in [0.25, 0.3) is 21.7 Å². The summed E-state index contributed by atoms with van der Waals surface area (Å²) in [6.45, 7) is 2.07. The zero-order chi connectivity index (χ0) is 13.4. The summed E-state index contributed by atoms with van der Waals surface area (Å²) in [5.74, 6) is 0. The Morgan fingerprint density at radius 1 is 0.850 bits per heavy atom. The molecular weight excluding hydrogens is 264 g/mol. The fourth-order valence-corrected chi connectivity index (χ4v) is 3.95. The van der Waals surface area contributed by atoms with Gasteiger partial charge in [0, 0.05) is 5.56 Å². The molecule has 1 aromatic heterocycles. The van der Waals surface area contributed by atoms with E-state index in [4.69, 9.17) is 0 Å². The summed E-state index contributed by atoms with van der Waals surface area (Å²) in [7, 11) is 0. The van der Waals surface area contributed by atoms with Gasteiger partial charge in [-0.1, -0.05) is 60.7 Å². The summed E-state index contributed by atoms with van der Waals surface area (Å²) in [6.07, 6.45) is 0. The van der Waals surface area contributed by atoms with Crippen molar-refractivity contribution in [2.75, 3.05) is 11.9 Å². The van der Waals surface area contributed by atoms with Gasteiger partial charge in [0.15, 0.2) is 5.69 Å². The van der Waals surface area contributed by atoms with E-state index in [-0.39, 0.29) is 0 Å². The molecule has 0 spiro atoms. The molecule has 0 aliphatic carbocycles. The zero-order valence-electron chi connectivity index (χ0n) is 11.0. The summed E-state index contributed by atoms with van der Waals surface area (Å²) < 4.78 is 2.41. The molecule has 1 N–H and O–H groups in total. The van der Waals surface area contributed by atoms with Crippen molar-refractivity contribution < 1.29 is 4.57 Å². The van der Waals surface area contributed by atoms with Crippen LogP contribution in [0.5, 0.6) is 0 Å². The van der Waals surface area contributed by atoms with Crippen LogP contribution in [0, 0.1) is 0 Å². The van der Waals surface area contributed by atoms with E-state index in [2.05, 4.69) is 70.5 Å². The van der Waals surface area contributed by atoms with Crippen molar-refractivity contribution in [1.29, 1.82) is 0 Å². The minimum Gasteiger partial charge on any atom is -0.261 e. The minimum atomic E-state index is 1.03. The molecule has 2 nitrogen and oxygen atoms in total. The number of hydrogen-bond acceptors (Lipinski definition) is 2. The van der Waals surface area contributed by atoms with Crippen LogP contribution in [0.3, 0.4) is 0 Å². The van der Waals surface area contributed by atoms with Gasteiger partial charge in [-0.3, -0.25) is 5.32 Å². The quantitative estimate of drug-likeness (QED) is 0.706. The highest BCUT2D eigenvalue weighted by Gasteiger charge is 2.29. The Morgan fingerprint density at radius 3 is 2.20 bits per heavy atom. The SMILES string of the molecule is c1ccc(-c2sc3[n+](c2-c2ccccc2)CCN3)cc1. The molecule has 20 heavy (non-hydrogen) atoms. The van der Waals surface area contributed by atoms with E-state index < -0.39 is 0 Å². The predicted octanol–water partition coefficient (Wildman–Crippen LogP) is 3.80. The van der Waals surface area contributed by atoms with Crippen LogP contribution in [-0.2, 0) is 6.54 Å². The molecule has 3 aromatic rings. The Labute approximate surface area is 122 Å². The van der Waals surface area contributed by atoms with Crippen molar-refractivity contribution in [3.05, 3.63) is 60.7 Å². The third kappa shape index (κ3) is 1.82. The summed E-state index contributed by atoms with van der Waals surface area (Å²) in [4.78, 5) is 1.35. The summed E-state index contributed by atoms with van der Waals surface area (Å²) >= 11 is 1.85. The maximum atomic E-state index is 3.48. The Morgan fingerprint density at radius 2 is 1.50 bits per heavy atom. The molecule has 0 amide bonds. The third-order valence-corrected chi connectivity index (χ3v) is 4.81. The smallest absolute Gasteiger partial charge is 0.261 e. The lowest BCUT2D eigenvalue weighted by Gasteiger charge is -2.03. The lowest BCUT2D eigenvalue weighted by molar-refractivity contribution is -0.655. The number of thiazole rings is 1. The van der Waals surface area contributed by atoms with Crippen LogP contribution in [0.4, 0.5) is 5.13 Å². The Balaban J connectivity index is 1.97. The largest absolute Gasteiger partial charge is 0.335 e. The number of aromatic nitrogens is 1. The topological polar surface area (TPSA) is 15.9 Å². The van der Waals surface area contributed by atoms with E-state index in [1.165, 1.54) is 26.8 Å². The average molecular weight is 279 g/mol. The highest BCUT2D eigenvalue weighted by molar-refractivity contribution is 7.19. The average Bonchev–Trinajstić information content (AvgIpc) is 3.09. The van der Waals surface area contributed by atoms with E-state index >= 15 is 0 Å². The van der Waals surface area contributed by atoms with Gasteiger partial charge in [-0.25, -0.2) is 4.57 Å². The number of hydrogen-bond donors (Lipinski definition) is 1. The second-order valence-corrected chi connectivity index (χ2v) is 5.89. The number of benzene rings is 2. The van der Waals surface area contributed by atoms with Gasteiger partial charge in [0.05, 0.1) is 4.88 Å². The van der Waals surface area contributed by atoms with Crippen LogP contribution in [0.1, 0.15) is 0 Å². The van der Waals surface area contributed by atoms with E-state index in [1.54, 1.807) is 0 Å². The van der Waals surface area contributed by atoms with Gasteiger partial charge in [0.2, 0.25) is 0 Å². The molecule has 0 fully saturated rings. The number of rotatable bonds is 2. The molecule has 0 radical (unpaired) electrons. The normalized spacial score (nSPS) is 13.0. The monoisotopic (exact) mass is 279 g/mol. The molecule has 0 saturated carbocycles. The Kier molecular flexibility index (Phi) is 2.78. The second-order valence-electron chi connectivity index (χ2n) is 4.90. The summed E-state index contributed by atoms with van der Waals surface area (Å²) in [6, 6.07) is 21.3. The van der Waals surface area contributed by atoms with Crippen molar-refractivity contribution in [3.8, 4) is 21.7 Å². The number of fused-ring (bicyclic) bond motifs is 1. The van der Waals surface area contributed by atoms with E-state index in [1.807, 2.05) is 11.3 Å². The maximum absolute atomic E-state index is 3.48. The molecule has 0 saturated heterocycles. The third-order valence-electron chi connectivity index (χ3n) is 3.62. The minimum absolute atomic E-state index is 1.03. The first-order valence-corrected chi connectivity index (χ1v) is 7.66. The van der Waals surface area contributed by atoms with Crippen molar-refractivity contribution in [3.63, 3.8) is 0 Å². The molecule has 2 aromatic carbocycles. The van der Waals surface area contributed by atoms with Gasteiger partial charge in [-0.05, 0) is 16.9 Å². The molecule has 4 rings (SSSR count). The fourth-order valence-electron chi connectivity index (χ4n) is 2.71. The van der Waals surface area contributed by atoms with Gasteiger partial charge in [-0.2, -0.15) is 0 Å². The van der Waals surface area contributed by atoms with E-state index in [0.717, 1.165) is 13.1 Å². The highest BCUT2D eigenvalue weighted by atomic mass is 32.1. The van der Waals surface area contributed by atoms with Gasteiger partial charge in [-0.15, -0.1) is 0 Å². The number of nitrogens with zero attached hydrogens (tertiary/aromatic N) is 1. The number of nitrogens with one attached hydrogen (secondary N) is 1. The Bertz CT molecular complexity index is 732. The Hall–Kier alpha value is -2.13. The summed E-state index contributed by atoms with van der Waals surface area (Å²) in [5, 5.41) is 4.75. The summed E-state index contributed by atoms with van der Waals surface area (Å²) in [5.41, 5.74) is 3.92. The molecule has 98 valence electrons. The fraction of sp³-hybridized carbons (Fsp3) is 0.118. The van der Waals surface area contributed by atoms with Crippen LogP contribution < -0.4 is 9.88 Å². The molecule has 2 heterocycles. The van der Waals surface area contributed by atoms with Crippen LogP contribution >= 0.6 is 11.3 Å². The molecule has 1 aliphatic rings. The van der Waals surface area contributed by atoms with E-state index in [9.17, 15) is 0 Å². The molecule has 0 atom stereocenters. The standard InChI is InChI=1S/C17H14N2S/c1-3-7-13(8-4-1)15-16(14-9-5-2-6-10-14)20-17-18-11-12-19(15)17/h1-10H,11-12H2/p+1. The molecule has 3 heteroatoms. The van der Waals surface area contributed by atoms with Crippen LogP contribution in [0.2, 0.25) is 0 Å². The predicted molar refractivity (Wildman–Crippen MR) is 83.9 cm³/mol. The van der Waals surface area contributed by atoms with Crippen LogP contribution in [-0.4, -0.2) is 6.54 Å². The molecule has 1 aliphatic heterocycles. The first-order chi connectivity index (χ1) is 9.93. The number of anilines is 1.